The predicted molar refractivity (Wildman–Crippen MR) is 71.4 cm³/mol. The summed E-state index contributed by atoms with van der Waals surface area (Å²) in [7, 11) is 0. The van der Waals surface area contributed by atoms with Crippen molar-refractivity contribution in [1.82, 2.24) is 24.9 Å². The Balaban J connectivity index is 1.95. The number of carbonyl (C=O) groups is 1. The van der Waals surface area contributed by atoms with Crippen LogP contribution in [0.2, 0.25) is 0 Å². The van der Waals surface area contributed by atoms with Crippen molar-refractivity contribution in [3.05, 3.63) is 35.9 Å². The van der Waals surface area contributed by atoms with Crippen LogP contribution in [0, 0.1) is 6.92 Å². The van der Waals surface area contributed by atoms with Crippen molar-refractivity contribution in [2.75, 3.05) is 0 Å². The molecule has 0 aliphatic carbocycles. The van der Waals surface area contributed by atoms with Crippen LogP contribution >= 0.6 is 0 Å². The summed E-state index contributed by atoms with van der Waals surface area (Å²) in [5, 5.41) is 11.3. The van der Waals surface area contributed by atoms with Crippen LogP contribution in [0.25, 0.3) is 0 Å². The summed E-state index contributed by atoms with van der Waals surface area (Å²) < 4.78 is 3.51. The van der Waals surface area contributed by atoms with Crippen LogP contribution in [0.5, 0.6) is 0 Å². The van der Waals surface area contributed by atoms with E-state index in [-0.39, 0.29) is 18.5 Å². The molecular formula is C13H19N5O. The number of rotatable bonds is 5. The van der Waals surface area contributed by atoms with Crippen LogP contribution in [-0.4, -0.2) is 25.5 Å². The number of carbonyl (C=O) groups excluding carboxylic acids is 1. The average molecular weight is 261 g/mol. The first-order chi connectivity index (χ1) is 9.10. The number of amides is 1. The molecule has 19 heavy (non-hydrogen) atoms. The maximum absolute atomic E-state index is 11.9. The molecule has 0 radical (unpaired) electrons. The van der Waals surface area contributed by atoms with Crippen LogP contribution in [0.3, 0.4) is 0 Å². The van der Waals surface area contributed by atoms with Gasteiger partial charge in [-0.05, 0) is 32.4 Å². The molecular weight excluding hydrogens is 242 g/mol. The Hall–Kier alpha value is -2.11. The molecule has 6 heteroatoms. The van der Waals surface area contributed by atoms with Crippen molar-refractivity contribution >= 4 is 5.91 Å². The molecule has 0 spiro atoms. The Labute approximate surface area is 112 Å². The summed E-state index contributed by atoms with van der Waals surface area (Å²) in [5.74, 6) is -0.0561. The highest BCUT2D eigenvalue weighted by Crippen LogP contribution is 2.11. The molecule has 2 heterocycles. The molecule has 0 aliphatic rings. The van der Waals surface area contributed by atoms with Crippen LogP contribution in [0.15, 0.2) is 24.7 Å². The van der Waals surface area contributed by atoms with Gasteiger partial charge < -0.3 is 5.32 Å². The van der Waals surface area contributed by atoms with Crippen molar-refractivity contribution in [1.29, 1.82) is 0 Å². The molecule has 102 valence electrons. The average Bonchev–Trinajstić information content (AvgIpc) is 2.97. The minimum atomic E-state index is -0.0633. The van der Waals surface area contributed by atoms with E-state index in [1.807, 2.05) is 37.7 Å². The third-order valence-corrected chi connectivity index (χ3v) is 2.94. The molecule has 0 saturated heterocycles. The van der Waals surface area contributed by atoms with Crippen molar-refractivity contribution in [3.63, 3.8) is 0 Å². The summed E-state index contributed by atoms with van der Waals surface area (Å²) in [6, 6.07) is 1.86. The van der Waals surface area contributed by atoms with Crippen molar-refractivity contribution in [3.8, 4) is 0 Å². The zero-order valence-corrected chi connectivity index (χ0v) is 11.5. The van der Waals surface area contributed by atoms with Crippen LogP contribution < -0.4 is 5.32 Å². The van der Waals surface area contributed by atoms with E-state index in [1.54, 1.807) is 17.1 Å². The first-order valence-corrected chi connectivity index (χ1v) is 6.40. The number of hydrogen-bond donors (Lipinski definition) is 1. The first kappa shape index (κ1) is 13.3. The van der Waals surface area contributed by atoms with Gasteiger partial charge in [0.2, 0.25) is 5.91 Å². The van der Waals surface area contributed by atoms with Crippen molar-refractivity contribution in [2.45, 2.75) is 39.9 Å². The Morgan fingerprint density at radius 3 is 2.89 bits per heavy atom. The van der Waals surface area contributed by atoms with E-state index in [1.165, 1.54) is 0 Å². The SMILES string of the molecule is CCn1nccc1C(C)NC(=O)Cn1cc(C)cn1. The predicted octanol–water partition coefficient (Wildman–Crippen LogP) is 1.29. The molecule has 0 bridgehead atoms. The number of aryl methyl sites for hydroxylation is 2. The molecule has 0 fully saturated rings. The quantitative estimate of drug-likeness (QED) is 0.882. The summed E-state index contributed by atoms with van der Waals surface area (Å²) in [6.45, 7) is 6.95. The number of nitrogens with zero attached hydrogens (tertiary/aromatic N) is 4. The van der Waals surface area contributed by atoms with E-state index in [2.05, 4.69) is 15.5 Å². The van der Waals surface area contributed by atoms with Gasteiger partial charge in [0.15, 0.2) is 0 Å². The lowest BCUT2D eigenvalue weighted by Crippen LogP contribution is -2.31. The van der Waals surface area contributed by atoms with Gasteiger partial charge in [-0.25, -0.2) is 0 Å². The number of nitrogens with one attached hydrogen (secondary N) is 1. The maximum atomic E-state index is 11.9. The highest BCUT2D eigenvalue weighted by molar-refractivity contribution is 5.76. The Morgan fingerprint density at radius 1 is 1.47 bits per heavy atom. The van der Waals surface area contributed by atoms with Crippen LogP contribution in [-0.2, 0) is 17.9 Å². The molecule has 2 aromatic rings. The Morgan fingerprint density at radius 2 is 2.26 bits per heavy atom. The van der Waals surface area contributed by atoms with Gasteiger partial charge in [0.05, 0.1) is 17.9 Å². The molecule has 1 atom stereocenters. The normalized spacial score (nSPS) is 12.4. The lowest BCUT2D eigenvalue weighted by molar-refractivity contribution is -0.122. The Bertz CT molecular complexity index is 557. The van der Waals surface area contributed by atoms with Gasteiger partial charge in [0, 0.05) is 18.9 Å². The second kappa shape index (κ2) is 5.69. The van der Waals surface area contributed by atoms with E-state index in [0.29, 0.717) is 0 Å². The molecule has 0 aliphatic heterocycles. The fourth-order valence-corrected chi connectivity index (χ4v) is 2.04. The minimum Gasteiger partial charge on any atom is -0.346 e. The van der Waals surface area contributed by atoms with E-state index >= 15 is 0 Å². The van der Waals surface area contributed by atoms with E-state index in [4.69, 9.17) is 0 Å². The van der Waals surface area contributed by atoms with Gasteiger partial charge in [-0.3, -0.25) is 14.2 Å². The van der Waals surface area contributed by atoms with Gasteiger partial charge in [-0.1, -0.05) is 0 Å². The highest BCUT2D eigenvalue weighted by atomic mass is 16.2. The van der Waals surface area contributed by atoms with Crippen molar-refractivity contribution < 1.29 is 4.79 Å². The third-order valence-electron chi connectivity index (χ3n) is 2.94. The van der Waals surface area contributed by atoms with Gasteiger partial charge >= 0.3 is 0 Å². The number of aromatic nitrogens is 4. The smallest absolute Gasteiger partial charge is 0.242 e. The molecule has 2 aromatic heterocycles. The van der Waals surface area contributed by atoms with Gasteiger partial charge in [-0.2, -0.15) is 10.2 Å². The molecule has 1 amide bonds. The lowest BCUT2D eigenvalue weighted by atomic mass is 10.2. The zero-order chi connectivity index (χ0) is 13.8. The first-order valence-electron chi connectivity index (χ1n) is 6.40. The molecule has 1 N–H and O–H groups in total. The van der Waals surface area contributed by atoms with Gasteiger partial charge in [0.1, 0.15) is 6.54 Å². The summed E-state index contributed by atoms with van der Waals surface area (Å²) in [6.07, 6.45) is 5.34. The fraction of sp³-hybridized carbons (Fsp3) is 0.462. The lowest BCUT2D eigenvalue weighted by Gasteiger charge is -2.15. The summed E-state index contributed by atoms with van der Waals surface area (Å²) in [4.78, 5) is 11.9. The fourth-order valence-electron chi connectivity index (χ4n) is 2.04. The zero-order valence-electron chi connectivity index (χ0n) is 11.5. The van der Waals surface area contributed by atoms with Crippen molar-refractivity contribution in [2.24, 2.45) is 0 Å². The molecule has 1 unspecified atom stereocenters. The number of hydrogen-bond acceptors (Lipinski definition) is 3. The van der Waals surface area contributed by atoms with E-state index in [9.17, 15) is 4.79 Å². The minimum absolute atomic E-state index is 0.0561. The summed E-state index contributed by atoms with van der Waals surface area (Å²) in [5.41, 5.74) is 2.05. The summed E-state index contributed by atoms with van der Waals surface area (Å²) >= 11 is 0. The van der Waals surface area contributed by atoms with E-state index < -0.39 is 0 Å². The van der Waals surface area contributed by atoms with Crippen LogP contribution in [0.1, 0.15) is 31.1 Å². The monoisotopic (exact) mass is 261 g/mol. The third kappa shape index (κ3) is 3.21. The van der Waals surface area contributed by atoms with Gasteiger partial charge in [0.25, 0.3) is 0 Å². The molecule has 6 nitrogen and oxygen atoms in total. The van der Waals surface area contributed by atoms with Gasteiger partial charge in [-0.15, -0.1) is 0 Å². The molecule has 2 rings (SSSR count). The second-order valence-corrected chi connectivity index (χ2v) is 4.58. The highest BCUT2D eigenvalue weighted by Gasteiger charge is 2.13. The molecule has 0 aromatic carbocycles. The van der Waals surface area contributed by atoms with Crippen LogP contribution in [0.4, 0.5) is 0 Å². The van der Waals surface area contributed by atoms with E-state index in [0.717, 1.165) is 17.8 Å². The standard InChI is InChI=1S/C13H19N5O/c1-4-18-12(5-6-14-18)11(3)16-13(19)9-17-8-10(2)7-15-17/h5-8,11H,4,9H2,1-3H3,(H,16,19). The maximum Gasteiger partial charge on any atom is 0.242 e. The largest absolute Gasteiger partial charge is 0.346 e. The second-order valence-electron chi connectivity index (χ2n) is 4.58. The molecule has 0 saturated carbocycles. The topological polar surface area (TPSA) is 64.7 Å². The Kier molecular flexibility index (Phi) is 3.99.